The van der Waals surface area contributed by atoms with Gasteiger partial charge in [-0.25, -0.2) is 4.98 Å². The molecule has 0 amide bonds. The Morgan fingerprint density at radius 3 is 1.72 bits per heavy atom. The van der Waals surface area contributed by atoms with Gasteiger partial charge in [-0.1, -0.05) is 149 Å². The van der Waals surface area contributed by atoms with Crippen LogP contribution in [0.3, 0.4) is 0 Å². The first-order valence-electron chi connectivity index (χ1n) is 22.0. The molecule has 0 aromatic carbocycles. The highest BCUT2D eigenvalue weighted by Crippen LogP contribution is 2.21. The molecule has 0 aliphatic rings. The smallest absolute Gasteiger partial charge is 0.310 e. The molecule has 0 bridgehead atoms. The van der Waals surface area contributed by atoms with Crippen molar-refractivity contribution in [2.24, 2.45) is 11.7 Å². The predicted molar refractivity (Wildman–Crippen MR) is 225 cm³/mol. The summed E-state index contributed by atoms with van der Waals surface area (Å²) in [5.41, 5.74) is 5.31. The summed E-state index contributed by atoms with van der Waals surface area (Å²) in [5, 5.41) is 0. The first-order valence-corrected chi connectivity index (χ1v) is 23.2. The Labute approximate surface area is 330 Å². The highest BCUT2D eigenvalue weighted by atomic mass is 32.2. The van der Waals surface area contributed by atoms with Crippen LogP contribution in [-0.4, -0.2) is 58.5 Å². The van der Waals surface area contributed by atoms with Crippen LogP contribution in [0.2, 0.25) is 0 Å². The van der Waals surface area contributed by atoms with E-state index in [0.717, 1.165) is 64.3 Å². The van der Waals surface area contributed by atoms with Crippen molar-refractivity contribution in [1.29, 1.82) is 0 Å². The Hall–Kier alpha value is -1.87. The van der Waals surface area contributed by atoms with Crippen LogP contribution in [0, 0.1) is 5.92 Å². The lowest BCUT2D eigenvalue weighted by atomic mass is 10.0. The molecule has 53 heavy (non-hydrogen) atoms. The highest BCUT2D eigenvalue weighted by molar-refractivity contribution is 7.99. The molecule has 0 spiro atoms. The van der Waals surface area contributed by atoms with Crippen LogP contribution in [0.1, 0.15) is 201 Å². The number of aromatic nitrogens is 2. The van der Waals surface area contributed by atoms with E-state index in [1.165, 1.54) is 122 Å². The first-order chi connectivity index (χ1) is 26.0. The first kappa shape index (κ1) is 51.1. The van der Waals surface area contributed by atoms with Gasteiger partial charge in [0.2, 0.25) is 0 Å². The Bertz CT molecular complexity index is 901. The third-order valence-corrected chi connectivity index (χ3v) is 10.8. The van der Waals surface area contributed by atoms with Crippen molar-refractivity contribution in [3.05, 3.63) is 18.7 Å². The Kier molecular flexibility index (Phi) is 39.8. The van der Waals surface area contributed by atoms with Gasteiger partial charge in [0, 0.05) is 36.9 Å². The summed E-state index contributed by atoms with van der Waals surface area (Å²) >= 11 is 1.54. The van der Waals surface area contributed by atoms with Gasteiger partial charge < -0.3 is 24.6 Å². The van der Waals surface area contributed by atoms with Gasteiger partial charge in [-0.3, -0.25) is 9.59 Å². The quantitative estimate of drug-likeness (QED) is 0.0402. The molecule has 1 unspecified atom stereocenters. The molecule has 0 radical (unpaired) electrons. The SMILES string of the molecule is CCCCCCCCCCCCCOC(=O)CCSCC(CC=O)C(=O)OC(CCCCCCCC)CCCCCCCC.NCCCn1ccnc1. The molecule has 1 heterocycles. The minimum atomic E-state index is -0.443. The molecule has 0 aliphatic heterocycles. The van der Waals surface area contributed by atoms with Crippen molar-refractivity contribution in [1.82, 2.24) is 9.55 Å². The van der Waals surface area contributed by atoms with Crippen LogP contribution in [-0.2, 0) is 30.4 Å². The second-order valence-electron chi connectivity index (χ2n) is 14.8. The molecule has 1 atom stereocenters. The second-order valence-corrected chi connectivity index (χ2v) is 15.9. The van der Waals surface area contributed by atoms with Gasteiger partial charge >= 0.3 is 11.9 Å². The normalized spacial score (nSPS) is 11.6. The van der Waals surface area contributed by atoms with Crippen molar-refractivity contribution >= 4 is 30.0 Å². The van der Waals surface area contributed by atoms with Crippen LogP contribution in [0.4, 0.5) is 0 Å². The summed E-state index contributed by atoms with van der Waals surface area (Å²) in [6.07, 6.45) is 38.4. The number of ether oxygens (including phenoxy) is 2. The average molecular weight is 766 g/mol. The molecular weight excluding hydrogens is 683 g/mol. The minimum Gasteiger partial charge on any atom is -0.466 e. The van der Waals surface area contributed by atoms with E-state index in [0.29, 0.717) is 24.5 Å². The van der Waals surface area contributed by atoms with Crippen LogP contribution in [0.25, 0.3) is 0 Å². The highest BCUT2D eigenvalue weighted by Gasteiger charge is 2.23. The monoisotopic (exact) mass is 766 g/mol. The maximum Gasteiger partial charge on any atom is 0.310 e. The van der Waals surface area contributed by atoms with Crippen molar-refractivity contribution in [2.45, 2.75) is 213 Å². The number of aryl methyl sites for hydroxylation is 1. The molecule has 9 heteroatoms. The number of carbonyl (C=O) groups is 3. The Balaban J connectivity index is 0.00000259. The maximum atomic E-state index is 13.1. The minimum absolute atomic E-state index is 0.0514. The van der Waals surface area contributed by atoms with Crippen molar-refractivity contribution in [3.63, 3.8) is 0 Å². The summed E-state index contributed by atoms with van der Waals surface area (Å²) in [7, 11) is 0. The number of aldehydes is 1. The fourth-order valence-corrected chi connectivity index (χ4v) is 7.31. The summed E-state index contributed by atoms with van der Waals surface area (Å²) in [6, 6.07) is 0. The Morgan fingerprint density at radius 2 is 1.25 bits per heavy atom. The summed E-state index contributed by atoms with van der Waals surface area (Å²) < 4.78 is 13.5. The summed E-state index contributed by atoms with van der Waals surface area (Å²) in [4.78, 5) is 40.5. The van der Waals surface area contributed by atoms with E-state index in [2.05, 4.69) is 25.8 Å². The molecule has 2 N–H and O–H groups in total. The zero-order valence-corrected chi connectivity index (χ0v) is 35.5. The fourth-order valence-electron chi connectivity index (χ4n) is 6.27. The van der Waals surface area contributed by atoms with Gasteiger partial charge in [-0.15, -0.1) is 0 Å². The number of nitrogens with two attached hydrogens (primary N) is 1. The lowest BCUT2D eigenvalue weighted by Crippen LogP contribution is -2.26. The zero-order chi connectivity index (χ0) is 38.9. The molecule has 8 nitrogen and oxygen atoms in total. The van der Waals surface area contributed by atoms with Gasteiger partial charge in [-0.05, 0) is 45.1 Å². The molecule has 1 rings (SSSR count). The molecule has 0 aliphatic carbocycles. The standard InChI is InChI=1S/C38H72O5S.C6H11N3/c1-4-7-10-13-16-17-18-19-20-23-26-32-42-37(40)30-33-44-34-35(29-31-39)38(41)43-36(27-24-21-14-11-8-5-2)28-25-22-15-12-9-6-3;7-2-1-4-9-5-3-8-6-9/h31,35-36H,4-30,32-34H2,1-3H3;3,5-6H,1-2,4,7H2. The molecule has 0 saturated heterocycles. The topological polar surface area (TPSA) is 114 Å². The van der Waals surface area contributed by atoms with Crippen LogP contribution < -0.4 is 5.73 Å². The van der Waals surface area contributed by atoms with Crippen molar-refractivity contribution in [3.8, 4) is 0 Å². The van der Waals surface area contributed by atoms with Gasteiger partial charge in [-0.2, -0.15) is 11.8 Å². The van der Waals surface area contributed by atoms with E-state index in [9.17, 15) is 14.4 Å². The lowest BCUT2D eigenvalue weighted by molar-refractivity contribution is -0.154. The number of esters is 2. The van der Waals surface area contributed by atoms with E-state index in [1.807, 2.05) is 10.8 Å². The molecule has 1 aromatic heterocycles. The number of unbranched alkanes of at least 4 members (excludes halogenated alkanes) is 20. The van der Waals surface area contributed by atoms with Gasteiger partial charge in [0.25, 0.3) is 0 Å². The van der Waals surface area contributed by atoms with Crippen LogP contribution in [0.15, 0.2) is 18.7 Å². The number of thioether (sulfide) groups is 1. The molecule has 0 fully saturated rings. The molecular formula is C44H83N3O5S. The van der Waals surface area contributed by atoms with Crippen molar-refractivity contribution in [2.75, 3.05) is 24.7 Å². The lowest BCUT2D eigenvalue weighted by Gasteiger charge is -2.21. The van der Waals surface area contributed by atoms with Crippen LogP contribution in [0.5, 0.6) is 0 Å². The van der Waals surface area contributed by atoms with Gasteiger partial charge in [0.1, 0.15) is 12.4 Å². The molecule has 0 saturated carbocycles. The number of carbonyl (C=O) groups excluding carboxylic acids is 3. The summed E-state index contributed by atoms with van der Waals surface area (Å²) in [5.74, 6) is 0.243. The maximum absolute atomic E-state index is 13.1. The van der Waals surface area contributed by atoms with Crippen LogP contribution >= 0.6 is 11.8 Å². The number of nitrogens with zero attached hydrogens (tertiary/aromatic N) is 2. The molecule has 310 valence electrons. The zero-order valence-electron chi connectivity index (χ0n) is 34.7. The molecule has 1 aromatic rings. The average Bonchev–Trinajstić information content (AvgIpc) is 3.69. The third kappa shape index (κ3) is 35.6. The van der Waals surface area contributed by atoms with E-state index < -0.39 is 5.92 Å². The number of hydrogen-bond acceptors (Lipinski definition) is 8. The van der Waals surface area contributed by atoms with E-state index in [4.69, 9.17) is 15.2 Å². The largest absolute Gasteiger partial charge is 0.466 e. The third-order valence-electron chi connectivity index (χ3n) is 9.72. The predicted octanol–water partition coefficient (Wildman–Crippen LogP) is 11.8. The van der Waals surface area contributed by atoms with Crippen molar-refractivity contribution < 1.29 is 23.9 Å². The number of hydrogen-bond donors (Lipinski definition) is 1. The van der Waals surface area contributed by atoms with Gasteiger partial charge in [0.15, 0.2) is 0 Å². The van der Waals surface area contributed by atoms with Gasteiger partial charge in [0.05, 0.1) is 25.3 Å². The Morgan fingerprint density at radius 1 is 0.736 bits per heavy atom. The number of rotatable bonds is 38. The summed E-state index contributed by atoms with van der Waals surface area (Å²) in [6.45, 7) is 8.95. The second kappa shape index (κ2) is 41.3. The van der Waals surface area contributed by atoms with E-state index in [1.54, 1.807) is 24.3 Å². The fraction of sp³-hybridized carbons (Fsp3) is 0.864. The number of imidazole rings is 1. The van der Waals surface area contributed by atoms with E-state index in [-0.39, 0.29) is 24.5 Å². The van der Waals surface area contributed by atoms with E-state index >= 15 is 0 Å².